The molecule has 0 aliphatic carbocycles. The Bertz CT molecular complexity index is 363. The monoisotopic (exact) mass is 238 g/mol. The number of hydrogen-bond acceptors (Lipinski definition) is 4. The standard InChI is InChI=1S/C12H18N2O3/c1-9(10(2)15)13-8-7-11-3-5-12(6-4-11)14(16)17/h3-6,9-10,13,15H,7-8H2,1-2H3. The first-order valence-electron chi connectivity index (χ1n) is 5.65. The quantitative estimate of drug-likeness (QED) is 0.581. The maximum absolute atomic E-state index is 10.5. The van der Waals surface area contributed by atoms with Gasteiger partial charge in [0.25, 0.3) is 5.69 Å². The predicted molar refractivity (Wildman–Crippen MR) is 65.9 cm³/mol. The molecule has 17 heavy (non-hydrogen) atoms. The van der Waals surface area contributed by atoms with Crippen molar-refractivity contribution in [2.45, 2.75) is 32.4 Å². The summed E-state index contributed by atoms with van der Waals surface area (Å²) in [7, 11) is 0. The Morgan fingerprint density at radius 3 is 2.41 bits per heavy atom. The first-order chi connectivity index (χ1) is 8.00. The second-order valence-corrected chi connectivity index (χ2v) is 4.16. The number of non-ortho nitro benzene ring substituents is 1. The van der Waals surface area contributed by atoms with Crippen LogP contribution in [0.5, 0.6) is 0 Å². The van der Waals surface area contributed by atoms with Gasteiger partial charge in [0.05, 0.1) is 11.0 Å². The zero-order chi connectivity index (χ0) is 12.8. The van der Waals surface area contributed by atoms with Gasteiger partial charge in [-0.05, 0) is 32.4 Å². The van der Waals surface area contributed by atoms with Crippen molar-refractivity contribution in [3.05, 3.63) is 39.9 Å². The van der Waals surface area contributed by atoms with Crippen LogP contribution in [0, 0.1) is 10.1 Å². The molecule has 0 aliphatic rings. The van der Waals surface area contributed by atoms with Gasteiger partial charge in [-0.2, -0.15) is 0 Å². The van der Waals surface area contributed by atoms with Crippen LogP contribution in [0.3, 0.4) is 0 Å². The molecule has 2 unspecified atom stereocenters. The van der Waals surface area contributed by atoms with E-state index in [0.29, 0.717) is 0 Å². The van der Waals surface area contributed by atoms with E-state index in [0.717, 1.165) is 18.5 Å². The molecule has 0 fully saturated rings. The summed E-state index contributed by atoms with van der Waals surface area (Å²) in [6, 6.07) is 6.58. The molecule has 1 aromatic carbocycles. The van der Waals surface area contributed by atoms with Crippen molar-refractivity contribution in [3.8, 4) is 0 Å². The number of aliphatic hydroxyl groups excluding tert-OH is 1. The van der Waals surface area contributed by atoms with Gasteiger partial charge in [-0.25, -0.2) is 0 Å². The third-order valence-electron chi connectivity index (χ3n) is 2.75. The van der Waals surface area contributed by atoms with E-state index >= 15 is 0 Å². The molecule has 0 amide bonds. The number of hydrogen-bond donors (Lipinski definition) is 2. The van der Waals surface area contributed by atoms with Gasteiger partial charge in [-0.1, -0.05) is 12.1 Å². The van der Waals surface area contributed by atoms with Crippen LogP contribution in [0.15, 0.2) is 24.3 Å². The van der Waals surface area contributed by atoms with E-state index in [2.05, 4.69) is 5.32 Å². The van der Waals surface area contributed by atoms with Gasteiger partial charge in [0, 0.05) is 18.2 Å². The van der Waals surface area contributed by atoms with E-state index in [1.54, 1.807) is 19.1 Å². The summed E-state index contributed by atoms with van der Waals surface area (Å²) < 4.78 is 0. The third-order valence-corrected chi connectivity index (χ3v) is 2.75. The summed E-state index contributed by atoms with van der Waals surface area (Å²) in [5, 5.41) is 22.9. The molecule has 0 bridgehead atoms. The molecule has 94 valence electrons. The highest BCUT2D eigenvalue weighted by Gasteiger charge is 2.07. The highest BCUT2D eigenvalue weighted by atomic mass is 16.6. The van der Waals surface area contributed by atoms with Crippen LogP contribution in [0.25, 0.3) is 0 Å². The maximum atomic E-state index is 10.5. The van der Waals surface area contributed by atoms with Crippen molar-refractivity contribution >= 4 is 5.69 Å². The van der Waals surface area contributed by atoms with E-state index in [1.807, 2.05) is 6.92 Å². The van der Waals surface area contributed by atoms with E-state index in [9.17, 15) is 15.2 Å². The summed E-state index contributed by atoms with van der Waals surface area (Å²) >= 11 is 0. The molecule has 0 aromatic heterocycles. The number of rotatable bonds is 6. The number of benzene rings is 1. The van der Waals surface area contributed by atoms with Crippen molar-refractivity contribution < 1.29 is 10.0 Å². The Labute approximate surface area is 101 Å². The van der Waals surface area contributed by atoms with Gasteiger partial charge < -0.3 is 10.4 Å². The first-order valence-corrected chi connectivity index (χ1v) is 5.65. The fraction of sp³-hybridized carbons (Fsp3) is 0.500. The number of nitro groups is 1. The Kier molecular flexibility index (Phi) is 5.06. The lowest BCUT2D eigenvalue weighted by atomic mass is 10.1. The minimum absolute atomic E-state index is 0.0491. The van der Waals surface area contributed by atoms with E-state index in [-0.39, 0.29) is 17.8 Å². The summed E-state index contributed by atoms with van der Waals surface area (Å²) in [6.45, 7) is 4.40. The van der Waals surface area contributed by atoms with Gasteiger partial charge in [-0.3, -0.25) is 10.1 Å². The average Bonchev–Trinajstić information content (AvgIpc) is 2.29. The van der Waals surface area contributed by atoms with Crippen LogP contribution in [-0.4, -0.2) is 28.7 Å². The van der Waals surface area contributed by atoms with Crippen molar-refractivity contribution in [1.29, 1.82) is 0 Å². The van der Waals surface area contributed by atoms with Gasteiger partial charge in [-0.15, -0.1) is 0 Å². The predicted octanol–water partition coefficient (Wildman–Crippen LogP) is 1.50. The van der Waals surface area contributed by atoms with E-state index in [4.69, 9.17) is 0 Å². The zero-order valence-electron chi connectivity index (χ0n) is 10.1. The Morgan fingerprint density at radius 2 is 1.94 bits per heavy atom. The van der Waals surface area contributed by atoms with Crippen LogP contribution in [0.1, 0.15) is 19.4 Å². The third kappa shape index (κ3) is 4.50. The molecule has 1 rings (SSSR count). The lowest BCUT2D eigenvalue weighted by Crippen LogP contribution is -2.36. The van der Waals surface area contributed by atoms with Gasteiger partial charge >= 0.3 is 0 Å². The second-order valence-electron chi connectivity index (χ2n) is 4.16. The molecular weight excluding hydrogens is 220 g/mol. The molecule has 5 nitrogen and oxygen atoms in total. The largest absolute Gasteiger partial charge is 0.392 e. The maximum Gasteiger partial charge on any atom is 0.269 e. The average molecular weight is 238 g/mol. The van der Waals surface area contributed by atoms with Crippen molar-refractivity contribution in [2.75, 3.05) is 6.54 Å². The molecule has 5 heteroatoms. The molecule has 0 heterocycles. The van der Waals surface area contributed by atoms with Crippen molar-refractivity contribution in [3.63, 3.8) is 0 Å². The summed E-state index contributed by atoms with van der Waals surface area (Å²) in [5.41, 5.74) is 1.15. The summed E-state index contributed by atoms with van der Waals surface area (Å²) in [5.74, 6) is 0. The number of nitrogens with zero attached hydrogens (tertiary/aromatic N) is 1. The lowest BCUT2D eigenvalue weighted by molar-refractivity contribution is -0.384. The Balaban J connectivity index is 2.40. The SMILES string of the molecule is CC(O)C(C)NCCc1ccc([N+](=O)[O-])cc1. The number of nitrogens with one attached hydrogen (secondary N) is 1. The molecule has 0 radical (unpaired) electrons. The van der Waals surface area contributed by atoms with Gasteiger partial charge in [0.2, 0.25) is 0 Å². The van der Waals surface area contributed by atoms with E-state index < -0.39 is 4.92 Å². The van der Waals surface area contributed by atoms with Crippen LogP contribution in [0.4, 0.5) is 5.69 Å². The molecule has 2 atom stereocenters. The normalized spacial score (nSPS) is 14.3. The molecule has 0 spiro atoms. The molecule has 2 N–H and O–H groups in total. The molecule has 1 aromatic rings. The van der Waals surface area contributed by atoms with Gasteiger partial charge in [0.15, 0.2) is 0 Å². The molecule has 0 saturated heterocycles. The Hall–Kier alpha value is -1.46. The highest BCUT2D eigenvalue weighted by molar-refractivity contribution is 5.32. The minimum atomic E-state index is -0.405. The summed E-state index contributed by atoms with van der Waals surface area (Å²) in [6.07, 6.45) is 0.404. The topological polar surface area (TPSA) is 75.4 Å². The zero-order valence-corrected chi connectivity index (χ0v) is 10.1. The van der Waals surface area contributed by atoms with Crippen LogP contribution < -0.4 is 5.32 Å². The fourth-order valence-electron chi connectivity index (χ4n) is 1.40. The minimum Gasteiger partial charge on any atom is -0.392 e. The van der Waals surface area contributed by atoms with Crippen molar-refractivity contribution in [2.24, 2.45) is 0 Å². The van der Waals surface area contributed by atoms with Crippen LogP contribution in [-0.2, 0) is 6.42 Å². The lowest BCUT2D eigenvalue weighted by Gasteiger charge is -2.16. The molecule has 0 saturated carbocycles. The smallest absolute Gasteiger partial charge is 0.269 e. The number of nitro benzene ring substituents is 1. The molecule has 0 aliphatic heterocycles. The highest BCUT2D eigenvalue weighted by Crippen LogP contribution is 2.11. The second kappa shape index (κ2) is 6.32. The Morgan fingerprint density at radius 1 is 1.35 bits per heavy atom. The first kappa shape index (κ1) is 13.6. The van der Waals surface area contributed by atoms with Crippen molar-refractivity contribution in [1.82, 2.24) is 5.32 Å². The van der Waals surface area contributed by atoms with E-state index in [1.165, 1.54) is 12.1 Å². The fourth-order valence-corrected chi connectivity index (χ4v) is 1.40. The van der Waals surface area contributed by atoms with Crippen LogP contribution in [0.2, 0.25) is 0 Å². The summed E-state index contributed by atoms with van der Waals surface area (Å²) in [4.78, 5) is 10.1. The van der Waals surface area contributed by atoms with Gasteiger partial charge in [0.1, 0.15) is 0 Å². The van der Waals surface area contributed by atoms with Crippen LogP contribution >= 0.6 is 0 Å². The molecular formula is C12H18N2O3. The number of aliphatic hydroxyl groups is 1.